The number of hydrogen-bond donors (Lipinski definition) is 1. The van der Waals surface area contributed by atoms with Crippen LogP contribution in [0, 0.1) is 0 Å². The molecular formula is C9H15N3O2. The third kappa shape index (κ3) is 2.32. The number of carbonyl (C=O) groups is 1. The van der Waals surface area contributed by atoms with E-state index in [0.29, 0.717) is 18.8 Å². The molecule has 0 bridgehead atoms. The zero-order valence-corrected chi connectivity index (χ0v) is 8.47. The monoisotopic (exact) mass is 197 g/mol. The molecule has 0 aliphatic heterocycles. The molecule has 0 aliphatic rings. The molecule has 0 spiro atoms. The van der Waals surface area contributed by atoms with E-state index in [1.54, 1.807) is 28.9 Å². The highest BCUT2D eigenvalue weighted by Crippen LogP contribution is 2.00. The Morgan fingerprint density at radius 1 is 1.71 bits per heavy atom. The van der Waals surface area contributed by atoms with Gasteiger partial charge in [0.15, 0.2) is 0 Å². The van der Waals surface area contributed by atoms with Crippen molar-refractivity contribution in [1.29, 1.82) is 0 Å². The molecule has 1 amide bonds. The van der Waals surface area contributed by atoms with Gasteiger partial charge < -0.3 is 10.0 Å². The van der Waals surface area contributed by atoms with Gasteiger partial charge in [-0.1, -0.05) is 0 Å². The Hall–Kier alpha value is -1.36. The largest absolute Gasteiger partial charge is 0.395 e. The number of aliphatic hydroxyl groups excluding tert-OH is 1. The molecule has 1 rings (SSSR count). The normalized spacial score (nSPS) is 10.2. The Morgan fingerprint density at radius 3 is 2.86 bits per heavy atom. The maximum absolute atomic E-state index is 11.7. The maximum atomic E-state index is 11.7. The number of likely N-dealkylation sites (N-methyl/N-ethyl adjacent to an activating group) is 1. The highest BCUT2D eigenvalue weighted by atomic mass is 16.3. The van der Waals surface area contributed by atoms with E-state index in [0.717, 1.165) is 0 Å². The summed E-state index contributed by atoms with van der Waals surface area (Å²) in [4.78, 5) is 13.3. The predicted octanol–water partition coefficient (Wildman–Crippen LogP) is -0.126. The summed E-state index contributed by atoms with van der Waals surface area (Å²) in [6.07, 6.45) is 1.72. The van der Waals surface area contributed by atoms with Crippen LogP contribution in [0.3, 0.4) is 0 Å². The molecule has 0 unspecified atom stereocenters. The number of amides is 1. The molecule has 14 heavy (non-hydrogen) atoms. The van der Waals surface area contributed by atoms with E-state index >= 15 is 0 Å². The van der Waals surface area contributed by atoms with Gasteiger partial charge in [-0.3, -0.25) is 9.48 Å². The van der Waals surface area contributed by atoms with Crippen molar-refractivity contribution in [1.82, 2.24) is 14.7 Å². The van der Waals surface area contributed by atoms with Crippen molar-refractivity contribution >= 4 is 5.91 Å². The van der Waals surface area contributed by atoms with Gasteiger partial charge in [-0.25, -0.2) is 0 Å². The summed E-state index contributed by atoms with van der Waals surface area (Å²) < 4.78 is 1.58. The Morgan fingerprint density at radius 2 is 2.43 bits per heavy atom. The SMILES string of the molecule is CCN(CCO)C(=O)c1ccn(C)n1. The lowest BCUT2D eigenvalue weighted by Crippen LogP contribution is -2.33. The van der Waals surface area contributed by atoms with Crippen molar-refractivity contribution in [2.45, 2.75) is 6.92 Å². The summed E-state index contributed by atoms with van der Waals surface area (Å²) in [5.74, 6) is -0.137. The number of hydrogen-bond acceptors (Lipinski definition) is 3. The van der Waals surface area contributed by atoms with Crippen molar-refractivity contribution in [2.75, 3.05) is 19.7 Å². The molecule has 0 aliphatic carbocycles. The van der Waals surface area contributed by atoms with Crippen LogP contribution in [0.15, 0.2) is 12.3 Å². The van der Waals surface area contributed by atoms with Gasteiger partial charge in [0, 0.05) is 26.3 Å². The molecule has 0 saturated heterocycles. The van der Waals surface area contributed by atoms with Crippen LogP contribution < -0.4 is 0 Å². The molecule has 78 valence electrons. The van der Waals surface area contributed by atoms with Crippen molar-refractivity contribution in [2.24, 2.45) is 7.05 Å². The Labute approximate surface area is 82.9 Å². The Bertz CT molecular complexity index is 309. The van der Waals surface area contributed by atoms with E-state index in [1.165, 1.54) is 0 Å². The fourth-order valence-corrected chi connectivity index (χ4v) is 1.22. The molecule has 1 aromatic rings. The average molecular weight is 197 g/mol. The van der Waals surface area contributed by atoms with Crippen LogP contribution in [-0.4, -0.2) is 45.4 Å². The lowest BCUT2D eigenvalue weighted by atomic mass is 10.3. The highest BCUT2D eigenvalue weighted by molar-refractivity contribution is 5.92. The van der Waals surface area contributed by atoms with Crippen molar-refractivity contribution < 1.29 is 9.90 Å². The molecule has 1 aromatic heterocycles. The Kier molecular flexibility index (Phi) is 3.64. The van der Waals surface area contributed by atoms with Gasteiger partial charge in [-0.15, -0.1) is 0 Å². The van der Waals surface area contributed by atoms with Crippen LogP contribution in [0.1, 0.15) is 17.4 Å². The summed E-state index contributed by atoms with van der Waals surface area (Å²) in [6, 6.07) is 1.67. The molecular weight excluding hydrogens is 182 g/mol. The third-order valence-electron chi connectivity index (χ3n) is 1.97. The summed E-state index contributed by atoms with van der Waals surface area (Å²) in [6.45, 7) is 2.78. The number of carbonyl (C=O) groups excluding carboxylic acids is 1. The minimum absolute atomic E-state index is 0.0214. The van der Waals surface area contributed by atoms with Crippen molar-refractivity contribution in [3.05, 3.63) is 18.0 Å². The fraction of sp³-hybridized carbons (Fsp3) is 0.556. The van der Waals surface area contributed by atoms with Gasteiger partial charge in [-0.05, 0) is 13.0 Å². The summed E-state index contributed by atoms with van der Waals surface area (Å²) in [5, 5.41) is 12.8. The van der Waals surface area contributed by atoms with Gasteiger partial charge in [0.2, 0.25) is 0 Å². The predicted molar refractivity (Wildman–Crippen MR) is 51.9 cm³/mol. The van der Waals surface area contributed by atoms with E-state index in [1.807, 2.05) is 6.92 Å². The van der Waals surface area contributed by atoms with E-state index in [4.69, 9.17) is 5.11 Å². The molecule has 0 aromatic carbocycles. The first-order chi connectivity index (χ1) is 6.69. The summed E-state index contributed by atoms with van der Waals surface area (Å²) >= 11 is 0. The van der Waals surface area contributed by atoms with Crippen LogP contribution in [0.4, 0.5) is 0 Å². The first kappa shape index (κ1) is 10.7. The number of nitrogens with zero attached hydrogens (tertiary/aromatic N) is 3. The second kappa shape index (κ2) is 4.76. The first-order valence-electron chi connectivity index (χ1n) is 4.58. The molecule has 0 saturated carbocycles. The smallest absolute Gasteiger partial charge is 0.274 e. The zero-order valence-electron chi connectivity index (χ0n) is 8.47. The minimum atomic E-state index is -0.137. The van der Waals surface area contributed by atoms with Crippen LogP contribution >= 0.6 is 0 Å². The zero-order chi connectivity index (χ0) is 10.6. The van der Waals surface area contributed by atoms with Gasteiger partial charge in [0.05, 0.1) is 6.61 Å². The minimum Gasteiger partial charge on any atom is -0.395 e. The lowest BCUT2D eigenvalue weighted by molar-refractivity contribution is 0.0725. The number of aliphatic hydroxyl groups is 1. The van der Waals surface area contributed by atoms with Gasteiger partial charge >= 0.3 is 0 Å². The molecule has 0 radical (unpaired) electrons. The summed E-state index contributed by atoms with van der Waals surface area (Å²) in [7, 11) is 1.76. The Balaban J connectivity index is 2.72. The van der Waals surface area contributed by atoms with Crippen LogP contribution in [0.25, 0.3) is 0 Å². The van der Waals surface area contributed by atoms with Crippen LogP contribution in [0.5, 0.6) is 0 Å². The van der Waals surface area contributed by atoms with E-state index in [2.05, 4.69) is 5.10 Å². The quantitative estimate of drug-likeness (QED) is 0.731. The number of rotatable bonds is 4. The topological polar surface area (TPSA) is 58.4 Å². The number of aryl methyl sites for hydroxylation is 1. The lowest BCUT2D eigenvalue weighted by Gasteiger charge is -2.17. The van der Waals surface area contributed by atoms with E-state index < -0.39 is 0 Å². The molecule has 0 fully saturated rings. The molecule has 5 heteroatoms. The third-order valence-corrected chi connectivity index (χ3v) is 1.97. The highest BCUT2D eigenvalue weighted by Gasteiger charge is 2.15. The maximum Gasteiger partial charge on any atom is 0.274 e. The fourth-order valence-electron chi connectivity index (χ4n) is 1.22. The van der Waals surface area contributed by atoms with Crippen LogP contribution in [0.2, 0.25) is 0 Å². The standard InChI is InChI=1S/C9H15N3O2/c1-3-12(6-7-13)9(14)8-4-5-11(2)10-8/h4-5,13H,3,6-7H2,1-2H3. The average Bonchev–Trinajstić information content (AvgIpc) is 2.60. The van der Waals surface area contributed by atoms with Crippen molar-refractivity contribution in [3.63, 3.8) is 0 Å². The van der Waals surface area contributed by atoms with Gasteiger partial charge in [0.1, 0.15) is 5.69 Å². The molecule has 0 atom stereocenters. The summed E-state index contributed by atoms with van der Waals surface area (Å²) in [5.41, 5.74) is 0.419. The van der Waals surface area contributed by atoms with Crippen LogP contribution in [-0.2, 0) is 7.05 Å². The molecule has 5 nitrogen and oxygen atoms in total. The van der Waals surface area contributed by atoms with Crippen molar-refractivity contribution in [3.8, 4) is 0 Å². The first-order valence-corrected chi connectivity index (χ1v) is 4.58. The number of aromatic nitrogens is 2. The molecule has 1 heterocycles. The van der Waals surface area contributed by atoms with Gasteiger partial charge in [-0.2, -0.15) is 5.10 Å². The second-order valence-electron chi connectivity index (χ2n) is 2.98. The second-order valence-corrected chi connectivity index (χ2v) is 2.98. The van der Waals surface area contributed by atoms with Gasteiger partial charge in [0.25, 0.3) is 5.91 Å². The van der Waals surface area contributed by atoms with E-state index in [-0.39, 0.29) is 12.5 Å². The van der Waals surface area contributed by atoms with E-state index in [9.17, 15) is 4.79 Å². The molecule has 1 N–H and O–H groups in total.